The molecule has 0 saturated heterocycles. The number of nitrogens with one attached hydrogen (secondary N) is 3. The third kappa shape index (κ3) is 2.96. The average Bonchev–Trinajstić information content (AvgIpc) is 2.98. The van der Waals surface area contributed by atoms with Crippen LogP contribution in [0.3, 0.4) is 0 Å². The zero-order chi connectivity index (χ0) is 16.2. The maximum Gasteiger partial charge on any atom is 0.320 e. The second-order valence-corrected chi connectivity index (χ2v) is 4.98. The summed E-state index contributed by atoms with van der Waals surface area (Å²) < 4.78 is 5.42. The van der Waals surface area contributed by atoms with Crippen LogP contribution in [-0.4, -0.2) is 29.7 Å². The molecule has 3 N–H and O–H groups in total. The SMILES string of the molecule is CCNC(=O)Nc1ccc2c(-c3ccccc3OC)c[nH]c2n1. The highest BCUT2D eigenvalue weighted by Crippen LogP contribution is 2.34. The summed E-state index contributed by atoms with van der Waals surface area (Å²) in [5, 5.41) is 6.34. The summed E-state index contributed by atoms with van der Waals surface area (Å²) in [6, 6.07) is 11.3. The molecule has 3 rings (SSSR count). The Hall–Kier alpha value is -3.02. The number of pyridine rings is 1. The Morgan fingerprint density at radius 3 is 2.83 bits per heavy atom. The summed E-state index contributed by atoms with van der Waals surface area (Å²) >= 11 is 0. The third-order valence-electron chi connectivity index (χ3n) is 3.51. The summed E-state index contributed by atoms with van der Waals surface area (Å²) in [6.07, 6.45) is 1.89. The predicted octanol–water partition coefficient (Wildman–Crippen LogP) is 3.38. The van der Waals surface area contributed by atoms with Crippen molar-refractivity contribution in [3.63, 3.8) is 0 Å². The number of amides is 2. The molecular formula is C17H18N4O2. The summed E-state index contributed by atoms with van der Waals surface area (Å²) in [4.78, 5) is 19.1. The van der Waals surface area contributed by atoms with E-state index in [-0.39, 0.29) is 6.03 Å². The van der Waals surface area contributed by atoms with Gasteiger partial charge in [-0.15, -0.1) is 0 Å². The number of aromatic amines is 1. The predicted molar refractivity (Wildman–Crippen MR) is 90.8 cm³/mol. The molecule has 0 aliphatic rings. The van der Waals surface area contributed by atoms with Crippen molar-refractivity contribution in [2.24, 2.45) is 0 Å². The zero-order valence-corrected chi connectivity index (χ0v) is 13.0. The molecule has 0 atom stereocenters. The fourth-order valence-corrected chi connectivity index (χ4v) is 2.49. The number of fused-ring (bicyclic) bond motifs is 1. The van der Waals surface area contributed by atoms with Crippen LogP contribution in [0, 0.1) is 0 Å². The Kier molecular flexibility index (Phi) is 4.14. The van der Waals surface area contributed by atoms with Crippen molar-refractivity contribution in [3.05, 3.63) is 42.6 Å². The zero-order valence-electron chi connectivity index (χ0n) is 13.0. The highest BCUT2D eigenvalue weighted by molar-refractivity contribution is 5.97. The van der Waals surface area contributed by atoms with E-state index in [1.54, 1.807) is 13.2 Å². The summed E-state index contributed by atoms with van der Waals surface area (Å²) in [5.74, 6) is 1.30. The Balaban J connectivity index is 1.97. The summed E-state index contributed by atoms with van der Waals surface area (Å²) in [5.41, 5.74) is 2.71. The molecule has 0 saturated carbocycles. The monoisotopic (exact) mass is 310 g/mol. The number of anilines is 1. The molecule has 23 heavy (non-hydrogen) atoms. The molecular weight excluding hydrogens is 292 g/mol. The van der Waals surface area contributed by atoms with Crippen molar-refractivity contribution < 1.29 is 9.53 Å². The molecule has 0 radical (unpaired) electrons. The number of methoxy groups -OCH3 is 1. The molecule has 6 heteroatoms. The van der Waals surface area contributed by atoms with Crippen LogP contribution in [0.25, 0.3) is 22.2 Å². The van der Waals surface area contributed by atoms with Crippen molar-refractivity contribution >= 4 is 22.9 Å². The molecule has 2 aromatic heterocycles. The lowest BCUT2D eigenvalue weighted by Gasteiger charge is -2.07. The minimum Gasteiger partial charge on any atom is -0.496 e. The number of carbonyl (C=O) groups excluding carboxylic acids is 1. The van der Waals surface area contributed by atoms with Crippen molar-refractivity contribution in [1.82, 2.24) is 15.3 Å². The summed E-state index contributed by atoms with van der Waals surface area (Å²) in [7, 11) is 1.65. The van der Waals surface area contributed by atoms with Gasteiger partial charge in [-0.3, -0.25) is 5.32 Å². The molecule has 2 heterocycles. The van der Waals surface area contributed by atoms with E-state index < -0.39 is 0 Å². The van der Waals surface area contributed by atoms with Crippen LogP contribution in [0.2, 0.25) is 0 Å². The lowest BCUT2D eigenvalue weighted by atomic mass is 10.0. The second kappa shape index (κ2) is 6.39. The van der Waals surface area contributed by atoms with E-state index in [4.69, 9.17) is 4.74 Å². The first kappa shape index (κ1) is 14.9. The van der Waals surface area contributed by atoms with E-state index in [2.05, 4.69) is 20.6 Å². The number of urea groups is 1. The van der Waals surface area contributed by atoms with Gasteiger partial charge in [0.15, 0.2) is 0 Å². The molecule has 0 fully saturated rings. The van der Waals surface area contributed by atoms with Gasteiger partial charge in [-0.2, -0.15) is 0 Å². The number of benzene rings is 1. The van der Waals surface area contributed by atoms with Gasteiger partial charge < -0.3 is 15.0 Å². The van der Waals surface area contributed by atoms with Gasteiger partial charge in [0.1, 0.15) is 17.2 Å². The first-order valence-corrected chi connectivity index (χ1v) is 7.39. The first-order valence-electron chi connectivity index (χ1n) is 7.39. The molecule has 0 spiro atoms. The van der Waals surface area contributed by atoms with Gasteiger partial charge >= 0.3 is 6.03 Å². The van der Waals surface area contributed by atoms with Gasteiger partial charge in [0.05, 0.1) is 7.11 Å². The van der Waals surface area contributed by atoms with Crippen LogP contribution in [0.4, 0.5) is 10.6 Å². The van der Waals surface area contributed by atoms with Crippen LogP contribution >= 0.6 is 0 Å². The fourth-order valence-electron chi connectivity index (χ4n) is 2.49. The highest BCUT2D eigenvalue weighted by atomic mass is 16.5. The molecule has 0 bridgehead atoms. The normalized spacial score (nSPS) is 10.5. The number of rotatable bonds is 4. The number of carbonyl (C=O) groups is 1. The molecule has 2 amide bonds. The van der Waals surface area contributed by atoms with Crippen LogP contribution in [-0.2, 0) is 0 Å². The maximum atomic E-state index is 11.6. The average molecular weight is 310 g/mol. The Bertz CT molecular complexity index is 841. The Morgan fingerprint density at radius 1 is 1.22 bits per heavy atom. The number of hydrogen-bond acceptors (Lipinski definition) is 3. The Labute approximate surface area is 133 Å². The number of aromatic nitrogens is 2. The van der Waals surface area contributed by atoms with Gasteiger partial charge in [0, 0.05) is 29.3 Å². The van der Waals surface area contributed by atoms with E-state index in [0.717, 1.165) is 22.3 Å². The minimum atomic E-state index is -0.268. The largest absolute Gasteiger partial charge is 0.496 e. The quantitative estimate of drug-likeness (QED) is 0.691. The number of para-hydroxylation sites is 1. The van der Waals surface area contributed by atoms with E-state index in [9.17, 15) is 4.79 Å². The molecule has 0 unspecified atom stereocenters. The lowest BCUT2D eigenvalue weighted by Crippen LogP contribution is -2.28. The van der Waals surface area contributed by atoms with Crippen LogP contribution in [0.1, 0.15) is 6.92 Å². The van der Waals surface area contributed by atoms with Crippen LogP contribution in [0.5, 0.6) is 5.75 Å². The topological polar surface area (TPSA) is 79.0 Å². The van der Waals surface area contributed by atoms with E-state index in [0.29, 0.717) is 18.0 Å². The maximum absolute atomic E-state index is 11.6. The van der Waals surface area contributed by atoms with Gasteiger partial charge in [-0.1, -0.05) is 18.2 Å². The number of hydrogen-bond donors (Lipinski definition) is 3. The van der Waals surface area contributed by atoms with Crippen LogP contribution in [0.15, 0.2) is 42.6 Å². The van der Waals surface area contributed by atoms with Gasteiger partial charge in [-0.25, -0.2) is 9.78 Å². The van der Waals surface area contributed by atoms with E-state index in [1.165, 1.54) is 0 Å². The summed E-state index contributed by atoms with van der Waals surface area (Å²) in [6.45, 7) is 2.43. The van der Waals surface area contributed by atoms with Crippen molar-refractivity contribution in [2.45, 2.75) is 6.92 Å². The minimum absolute atomic E-state index is 0.268. The molecule has 3 aromatic rings. The van der Waals surface area contributed by atoms with Crippen LogP contribution < -0.4 is 15.4 Å². The van der Waals surface area contributed by atoms with Crippen molar-refractivity contribution in [3.8, 4) is 16.9 Å². The van der Waals surface area contributed by atoms with E-state index >= 15 is 0 Å². The molecule has 1 aromatic carbocycles. The van der Waals surface area contributed by atoms with Gasteiger partial charge in [-0.05, 0) is 25.1 Å². The first-order chi connectivity index (χ1) is 11.2. The van der Waals surface area contributed by atoms with Gasteiger partial charge in [0.2, 0.25) is 0 Å². The third-order valence-corrected chi connectivity index (χ3v) is 3.51. The standard InChI is InChI=1S/C17H18N4O2/c1-3-18-17(22)21-15-9-8-12-13(10-19-16(12)20-15)11-6-4-5-7-14(11)23-2/h4-10H,3H2,1-2H3,(H3,18,19,20,21,22). The highest BCUT2D eigenvalue weighted by Gasteiger charge is 2.12. The van der Waals surface area contributed by atoms with Gasteiger partial charge in [0.25, 0.3) is 0 Å². The molecule has 0 aliphatic carbocycles. The Morgan fingerprint density at radius 2 is 2.04 bits per heavy atom. The van der Waals surface area contributed by atoms with Crippen molar-refractivity contribution in [1.29, 1.82) is 0 Å². The number of nitrogens with zero attached hydrogens (tertiary/aromatic N) is 1. The fraction of sp³-hybridized carbons (Fsp3) is 0.176. The smallest absolute Gasteiger partial charge is 0.320 e. The number of ether oxygens (including phenoxy) is 1. The number of H-pyrrole nitrogens is 1. The molecule has 6 nitrogen and oxygen atoms in total. The van der Waals surface area contributed by atoms with E-state index in [1.807, 2.05) is 43.5 Å². The molecule has 118 valence electrons. The van der Waals surface area contributed by atoms with Crippen molar-refractivity contribution in [2.75, 3.05) is 19.0 Å². The second-order valence-electron chi connectivity index (χ2n) is 4.98. The molecule has 0 aliphatic heterocycles. The lowest BCUT2D eigenvalue weighted by molar-refractivity contribution is 0.252.